The number of aryl methyl sites for hydroxylation is 1. The maximum absolute atomic E-state index is 12.4. The number of aliphatic hydroxyl groups excluding tert-OH is 1. The summed E-state index contributed by atoms with van der Waals surface area (Å²) >= 11 is 0. The Hall–Kier alpha value is -1.03. The molecule has 0 aliphatic heterocycles. The highest BCUT2D eigenvalue weighted by Gasteiger charge is 2.31. The van der Waals surface area contributed by atoms with Crippen LogP contribution in [-0.4, -0.2) is 11.7 Å². The van der Waals surface area contributed by atoms with Crippen molar-refractivity contribution >= 4 is 0 Å². The molecule has 0 fully saturated rings. The molecule has 15 heavy (non-hydrogen) atoms. The number of hydrogen-bond donors (Lipinski definition) is 1. The number of aliphatic hydroxyl groups is 1. The van der Waals surface area contributed by atoms with E-state index in [1.807, 2.05) is 0 Å². The average molecular weight is 217 g/mol. The van der Waals surface area contributed by atoms with Gasteiger partial charge in [0.25, 0.3) is 0 Å². The maximum Gasteiger partial charge on any atom is 0.416 e. The van der Waals surface area contributed by atoms with Gasteiger partial charge in [-0.2, -0.15) is 13.2 Å². The maximum atomic E-state index is 12.4. The molecule has 0 spiro atoms. The fraction of sp³-hybridized carbons (Fsp3) is 0.364. The van der Waals surface area contributed by atoms with Crippen molar-refractivity contribution in [3.63, 3.8) is 0 Å². The van der Waals surface area contributed by atoms with Crippen LogP contribution in [0.2, 0.25) is 0 Å². The van der Waals surface area contributed by atoms with E-state index in [0.717, 1.165) is 12.1 Å². The van der Waals surface area contributed by atoms with E-state index in [4.69, 9.17) is 5.11 Å². The Morgan fingerprint density at radius 3 is 2.47 bits per heavy atom. The standard InChI is InChI=1S/C11H12F3O/c1-7-3-4-9(11(12,13)14)5-10(7)8(2)6-15/h3-5,8,15H,2,6H2,1H3. The van der Waals surface area contributed by atoms with Crippen LogP contribution in [0.1, 0.15) is 22.6 Å². The number of halogens is 3. The molecule has 0 saturated heterocycles. The molecule has 0 aliphatic carbocycles. The Balaban J connectivity index is 3.17. The molecule has 0 bridgehead atoms. The second-order valence-corrected chi connectivity index (χ2v) is 3.45. The third-order valence-electron chi connectivity index (χ3n) is 2.27. The summed E-state index contributed by atoms with van der Waals surface area (Å²) in [5, 5.41) is 8.86. The molecule has 0 aromatic heterocycles. The number of hydrogen-bond acceptors (Lipinski definition) is 1. The zero-order chi connectivity index (χ0) is 11.6. The van der Waals surface area contributed by atoms with E-state index in [2.05, 4.69) is 6.92 Å². The summed E-state index contributed by atoms with van der Waals surface area (Å²) in [5.41, 5.74) is 0.439. The molecule has 0 saturated carbocycles. The van der Waals surface area contributed by atoms with Crippen molar-refractivity contribution in [2.45, 2.75) is 19.0 Å². The van der Waals surface area contributed by atoms with Gasteiger partial charge in [-0.3, -0.25) is 0 Å². The summed E-state index contributed by atoms with van der Waals surface area (Å²) in [6, 6.07) is 3.47. The van der Waals surface area contributed by atoms with Crippen LogP contribution in [0, 0.1) is 13.8 Å². The SMILES string of the molecule is [CH2]C(CO)c1cc(C(F)(F)F)ccc1C. The molecule has 4 heteroatoms. The molecule has 1 aromatic rings. The summed E-state index contributed by atoms with van der Waals surface area (Å²) in [7, 11) is 0. The number of benzene rings is 1. The van der Waals surface area contributed by atoms with Crippen molar-refractivity contribution in [2.24, 2.45) is 0 Å². The molecule has 1 unspecified atom stereocenters. The van der Waals surface area contributed by atoms with Gasteiger partial charge in [0, 0.05) is 12.5 Å². The van der Waals surface area contributed by atoms with Gasteiger partial charge >= 0.3 is 6.18 Å². The van der Waals surface area contributed by atoms with E-state index in [1.165, 1.54) is 6.07 Å². The second kappa shape index (κ2) is 4.23. The predicted molar refractivity (Wildman–Crippen MR) is 51.4 cm³/mol. The lowest BCUT2D eigenvalue weighted by atomic mass is 9.95. The van der Waals surface area contributed by atoms with E-state index in [0.29, 0.717) is 11.1 Å². The highest BCUT2D eigenvalue weighted by molar-refractivity contribution is 5.35. The molecular weight excluding hydrogens is 205 g/mol. The minimum atomic E-state index is -4.35. The third kappa shape index (κ3) is 2.72. The lowest BCUT2D eigenvalue weighted by Crippen LogP contribution is -2.08. The van der Waals surface area contributed by atoms with Crippen LogP contribution in [0.25, 0.3) is 0 Å². The van der Waals surface area contributed by atoms with Gasteiger partial charge in [-0.25, -0.2) is 0 Å². The van der Waals surface area contributed by atoms with E-state index < -0.39 is 17.7 Å². The van der Waals surface area contributed by atoms with Crippen molar-refractivity contribution in [2.75, 3.05) is 6.61 Å². The minimum absolute atomic E-state index is 0.262. The smallest absolute Gasteiger partial charge is 0.396 e. The first-order valence-electron chi connectivity index (χ1n) is 4.48. The average Bonchev–Trinajstić information content (AvgIpc) is 2.15. The predicted octanol–water partition coefficient (Wildman–Crippen LogP) is 2.92. The van der Waals surface area contributed by atoms with Gasteiger partial charge in [-0.05, 0) is 37.1 Å². The first-order chi connectivity index (χ1) is 6.86. The molecule has 0 heterocycles. The molecule has 0 amide bonds. The van der Waals surface area contributed by atoms with Gasteiger partial charge < -0.3 is 5.11 Å². The third-order valence-corrected chi connectivity index (χ3v) is 2.27. The van der Waals surface area contributed by atoms with E-state index in [1.54, 1.807) is 6.92 Å². The summed E-state index contributed by atoms with van der Waals surface area (Å²) in [4.78, 5) is 0. The number of alkyl halides is 3. The van der Waals surface area contributed by atoms with Crippen molar-refractivity contribution in [1.82, 2.24) is 0 Å². The lowest BCUT2D eigenvalue weighted by molar-refractivity contribution is -0.137. The van der Waals surface area contributed by atoms with Gasteiger partial charge in [-0.1, -0.05) is 6.07 Å². The monoisotopic (exact) mass is 217 g/mol. The summed E-state index contributed by atoms with van der Waals surface area (Å²) in [5.74, 6) is -0.521. The first-order valence-corrected chi connectivity index (χ1v) is 4.48. The van der Waals surface area contributed by atoms with E-state index in [-0.39, 0.29) is 6.61 Å². The van der Waals surface area contributed by atoms with Crippen LogP contribution in [-0.2, 0) is 6.18 Å². The fourth-order valence-corrected chi connectivity index (χ4v) is 1.35. The van der Waals surface area contributed by atoms with Gasteiger partial charge in [0.05, 0.1) is 5.56 Å². The van der Waals surface area contributed by atoms with Gasteiger partial charge in [0.15, 0.2) is 0 Å². The van der Waals surface area contributed by atoms with Crippen LogP contribution in [0.3, 0.4) is 0 Å². The summed E-state index contributed by atoms with van der Waals surface area (Å²) in [6.07, 6.45) is -4.35. The molecule has 0 aliphatic rings. The van der Waals surface area contributed by atoms with Gasteiger partial charge in [-0.15, -0.1) is 0 Å². The zero-order valence-corrected chi connectivity index (χ0v) is 8.30. The van der Waals surface area contributed by atoms with Crippen LogP contribution < -0.4 is 0 Å². The normalized spacial score (nSPS) is 14.0. The molecule has 1 aromatic carbocycles. The Bertz CT molecular complexity index is 344. The summed E-state index contributed by atoms with van der Waals surface area (Å²) in [6.45, 7) is 5.03. The minimum Gasteiger partial charge on any atom is -0.396 e. The van der Waals surface area contributed by atoms with Crippen LogP contribution in [0.15, 0.2) is 18.2 Å². The Morgan fingerprint density at radius 2 is 2.00 bits per heavy atom. The van der Waals surface area contributed by atoms with Crippen molar-refractivity contribution < 1.29 is 18.3 Å². The van der Waals surface area contributed by atoms with Gasteiger partial charge in [0.1, 0.15) is 0 Å². The largest absolute Gasteiger partial charge is 0.416 e. The Kier molecular flexibility index (Phi) is 3.39. The molecule has 83 valence electrons. The van der Waals surface area contributed by atoms with Crippen molar-refractivity contribution in [1.29, 1.82) is 0 Å². The molecule has 1 N–H and O–H groups in total. The zero-order valence-electron chi connectivity index (χ0n) is 8.30. The van der Waals surface area contributed by atoms with E-state index in [9.17, 15) is 13.2 Å². The van der Waals surface area contributed by atoms with Crippen LogP contribution in [0.4, 0.5) is 13.2 Å². The quantitative estimate of drug-likeness (QED) is 0.807. The van der Waals surface area contributed by atoms with Crippen LogP contribution in [0.5, 0.6) is 0 Å². The van der Waals surface area contributed by atoms with Crippen molar-refractivity contribution in [3.05, 3.63) is 41.8 Å². The van der Waals surface area contributed by atoms with Crippen LogP contribution >= 0.6 is 0 Å². The van der Waals surface area contributed by atoms with E-state index >= 15 is 0 Å². The van der Waals surface area contributed by atoms with Gasteiger partial charge in [0.2, 0.25) is 0 Å². The Labute approximate surface area is 86.5 Å². The highest BCUT2D eigenvalue weighted by atomic mass is 19.4. The molecular formula is C11H12F3O. The second-order valence-electron chi connectivity index (χ2n) is 3.45. The van der Waals surface area contributed by atoms with Crippen molar-refractivity contribution in [3.8, 4) is 0 Å². The first kappa shape index (κ1) is 12.0. The molecule has 1 rings (SSSR count). The summed E-state index contributed by atoms with van der Waals surface area (Å²) < 4.78 is 37.2. The fourth-order valence-electron chi connectivity index (χ4n) is 1.35. The topological polar surface area (TPSA) is 20.2 Å². The number of rotatable bonds is 2. The molecule has 1 atom stereocenters. The molecule has 1 radical (unpaired) electrons. The Morgan fingerprint density at radius 1 is 1.40 bits per heavy atom. The highest BCUT2D eigenvalue weighted by Crippen LogP contribution is 2.32. The molecule has 1 nitrogen and oxygen atoms in total. The lowest BCUT2D eigenvalue weighted by Gasteiger charge is -2.15.